The Morgan fingerprint density at radius 1 is 0.750 bits per heavy atom. The van der Waals surface area contributed by atoms with Crippen molar-refractivity contribution in [1.29, 1.82) is 0 Å². The first-order chi connectivity index (χ1) is 9.47. The summed E-state index contributed by atoms with van der Waals surface area (Å²) in [7, 11) is 0. The van der Waals surface area contributed by atoms with E-state index < -0.39 is 0 Å². The Hall–Kier alpha value is -1.60. The van der Waals surface area contributed by atoms with Gasteiger partial charge < -0.3 is 5.32 Å². The van der Waals surface area contributed by atoms with E-state index in [0.717, 1.165) is 0 Å². The summed E-state index contributed by atoms with van der Waals surface area (Å²) in [5, 5.41) is 3.69. The van der Waals surface area contributed by atoms with E-state index in [9.17, 15) is 0 Å². The van der Waals surface area contributed by atoms with E-state index in [2.05, 4.69) is 82.4 Å². The van der Waals surface area contributed by atoms with Gasteiger partial charge in [0.1, 0.15) is 0 Å². The third-order valence-electron chi connectivity index (χ3n) is 4.07. The van der Waals surface area contributed by atoms with Crippen molar-refractivity contribution in [3.05, 3.63) is 70.3 Å². The third-order valence-corrected chi connectivity index (χ3v) is 4.07. The largest absolute Gasteiger partial charge is 0.304 e. The van der Waals surface area contributed by atoms with Gasteiger partial charge in [0, 0.05) is 12.1 Å². The molecule has 0 aliphatic carbocycles. The van der Waals surface area contributed by atoms with Gasteiger partial charge in [-0.3, -0.25) is 0 Å². The van der Waals surface area contributed by atoms with Gasteiger partial charge >= 0.3 is 0 Å². The molecular weight excluding hydrogens is 242 g/mol. The van der Waals surface area contributed by atoms with Crippen molar-refractivity contribution in [3.8, 4) is 0 Å². The lowest BCUT2D eigenvalue weighted by atomic mass is 10.00. The molecule has 0 radical (unpaired) electrons. The Balaban J connectivity index is 2.10. The molecule has 106 valence electrons. The highest BCUT2D eigenvalue weighted by Crippen LogP contribution is 2.21. The molecule has 2 rings (SSSR count). The molecule has 2 aromatic rings. The summed E-state index contributed by atoms with van der Waals surface area (Å²) < 4.78 is 0. The Labute approximate surface area is 123 Å². The molecule has 0 spiro atoms. The fraction of sp³-hybridized carbons (Fsp3) is 0.368. The van der Waals surface area contributed by atoms with Crippen LogP contribution in [0.1, 0.15) is 53.7 Å². The van der Waals surface area contributed by atoms with Gasteiger partial charge in [0.2, 0.25) is 0 Å². The molecule has 0 amide bonds. The lowest BCUT2D eigenvalue weighted by molar-refractivity contribution is 0.494. The lowest BCUT2D eigenvalue weighted by Gasteiger charge is -2.21. The van der Waals surface area contributed by atoms with Gasteiger partial charge in [-0.2, -0.15) is 0 Å². The Kier molecular flexibility index (Phi) is 4.61. The van der Waals surface area contributed by atoms with Gasteiger partial charge in [-0.25, -0.2) is 0 Å². The molecule has 0 aliphatic rings. The Bertz CT molecular complexity index is 586. The van der Waals surface area contributed by atoms with Crippen LogP contribution in [-0.4, -0.2) is 0 Å². The molecule has 1 heteroatoms. The van der Waals surface area contributed by atoms with E-state index in [1.165, 1.54) is 27.8 Å². The van der Waals surface area contributed by atoms with Crippen molar-refractivity contribution in [2.24, 2.45) is 0 Å². The van der Waals surface area contributed by atoms with E-state index >= 15 is 0 Å². The molecule has 0 saturated heterocycles. The number of nitrogens with one attached hydrogen (secondary N) is 1. The van der Waals surface area contributed by atoms with Crippen LogP contribution < -0.4 is 5.32 Å². The molecule has 20 heavy (non-hydrogen) atoms. The standard InChI is InChI=1S/C19H25N/c1-13-7-6-8-18(11-13)16(4)20-17(5)19-10-9-14(2)15(3)12-19/h6-12,16-17,20H,1-5H3/t16-,17?/m0/s1. The van der Waals surface area contributed by atoms with Gasteiger partial charge in [0.05, 0.1) is 0 Å². The summed E-state index contributed by atoms with van der Waals surface area (Å²) in [6.07, 6.45) is 0. The van der Waals surface area contributed by atoms with E-state index in [1.807, 2.05) is 0 Å². The van der Waals surface area contributed by atoms with Crippen molar-refractivity contribution < 1.29 is 0 Å². The molecular formula is C19H25N. The summed E-state index contributed by atoms with van der Waals surface area (Å²) >= 11 is 0. The van der Waals surface area contributed by atoms with Crippen LogP contribution in [0.2, 0.25) is 0 Å². The maximum atomic E-state index is 3.69. The molecule has 2 atom stereocenters. The summed E-state index contributed by atoms with van der Waals surface area (Å²) in [4.78, 5) is 0. The molecule has 0 bridgehead atoms. The average molecular weight is 267 g/mol. The average Bonchev–Trinajstić information content (AvgIpc) is 2.41. The highest BCUT2D eigenvalue weighted by molar-refractivity contribution is 5.32. The molecule has 0 aliphatic heterocycles. The second-order valence-electron chi connectivity index (χ2n) is 5.87. The van der Waals surface area contributed by atoms with Crippen molar-refractivity contribution in [1.82, 2.24) is 5.32 Å². The summed E-state index contributed by atoms with van der Waals surface area (Å²) in [5.74, 6) is 0. The van der Waals surface area contributed by atoms with Gasteiger partial charge in [-0.05, 0) is 56.9 Å². The Morgan fingerprint density at radius 3 is 2.00 bits per heavy atom. The smallest absolute Gasteiger partial charge is 0.0297 e. The lowest BCUT2D eigenvalue weighted by Crippen LogP contribution is -2.22. The number of hydrogen-bond acceptors (Lipinski definition) is 1. The van der Waals surface area contributed by atoms with Crippen molar-refractivity contribution in [2.75, 3.05) is 0 Å². The van der Waals surface area contributed by atoms with Gasteiger partial charge in [-0.1, -0.05) is 48.0 Å². The summed E-state index contributed by atoms with van der Waals surface area (Å²) in [6.45, 7) is 10.9. The molecule has 0 fully saturated rings. The van der Waals surface area contributed by atoms with Crippen LogP contribution in [-0.2, 0) is 0 Å². The van der Waals surface area contributed by atoms with Gasteiger partial charge in [0.25, 0.3) is 0 Å². The first-order valence-electron chi connectivity index (χ1n) is 7.37. The molecule has 0 saturated carbocycles. The fourth-order valence-corrected chi connectivity index (χ4v) is 2.54. The highest BCUT2D eigenvalue weighted by atomic mass is 14.9. The zero-order valence-electron chi connectivity index (χ0n) is 13.2. The van der Waals surface area contributed by atoms with E-state index in [0.29, 0.717) is 12.1 Å². The molecule has 1 unspecified atom stereocenters. The predicted octanol–water partition coefficient (Wildman–Crippen LogP) is 5.02. The minimum Gasteiger partial charge on any atom is -0.304 e. The minimum absolute atomic E-state index is 0.352. The zero-order valence-corrected chi connectivity index (χ0v) is 13.2. The second-order valence-corrected chi connectivity index (χ2v) is 5.87. The SMILES string of the molecule is Cc1cccc([C@H](C)NC(C)c2ccc(C)c(C)c2)c1. The molecule has 2 aromatic carbocycles. The van der Waals surface area contributed by atoms with Crippen LogP contribution in [0.25, 0.3) is 0 Å². The number of benzene rings is 2. The number of hydrogen-bond donors (Lipinski definition) is 1. The fourth-order valence-electron chi connectivity index (χ4n) is 2.54. The molecule has 1 nitrogen and oxygen atoms in total. The minimum atomic E-state index is 0.352. The predicted molar refractivity (Wildman–Crippen MR) is 87.1 cm³/mol. The molecule has 0 heterocycles. The first-order valence-corrected chi connectivity index (χ1v) is 7.37. The van der Waals surface area contributed by atoms with Crippen LogP contribution in [0.3, 0.4) is 0 Å². The second kappa shape index (κ2) is 6.23. The van der Waals surface area contributed by atoms with E-state index in [4.69, 9.17) is 0 Å². The van der Waals surface area contributed by atoms with Crippen molar-refractivity contribution >= 4 is 0 Å². The van der Waals surface area contributed by atoms with Gasteiger partial charge in [0.15, 0.2) is 0 Å². The normalized spacial score (nSPS) is 14.1. The molecule has 1 N–H and O–H groups in total. The van der Waals surface area contributed by atoms with Crippen LogP contribution in [0.5, 0.6) is 0 Å². The van der Waals surface area contributed by atoms with Crippen LogP contribution in [0.4, 0.5) is 0 Å². The topological polar surface area (TPSA) is 12.0 Å². The highest BCUT2D eigenvalue weighted by Gasteiger charge is 2.11. The van der Waals surface area contributed by atoms with Crippen LogP contribution in [0.15, 0.2) is 42.5 Å². The monoisotopic (exact) mass is 267 g/mol. The number of aryl methyl sites for hydroxylation is 3. The molecule has 0 aromatic heterocycles. The maximum absolute atomic E-state index is 3.69. The van der Waals surface area contributed by atoms with Crippen LogP contribution >= 0.6 is 0 Å². The number of rotatable bonds is 4. The van der Waals surface area contributed by atoms with Crippen molar-refractivity contribution in [2.45, 2.75) is 46.7 Å². The zero-order chi connectivity index (χ0) is 14.7. The first kappa shape index (κ1) is 14.8. The van der Waals surface area contributed by atoms with Crippen molar-refractivity contribution in [3.63, 3.8) is 0 Å². The van der Waals surface area contributed by atoms with Gasteiger partial charge in [-0.15, -0.1) is 0 Å². The van der Waals surface area contributed by atoms with E-state index in [1.54, 1.807) is 0 Å². The third kappa shape index (κ3) is 3.49. The quantitative estimate of drug-likeness (QED) is 0.819. The maximum Gasteiger partial charge on any atom is 0.0297 e. The van der Waals surface area contributed by atoms with E-state index in [-0.39, 0.29) is 0 Å². The van der Waals surface area contributed by atoms with Crippen LogP contribution in [0, 0.1) is 20.8 Å². The Morgan fingerprint density at radius 2 is 1.40 bits per heavy atom. The summed E-state index contributed by atoms with van der Waals surface area (Å²) in [6, 6.07) is 16.1. The summed E-state index contributed by atoms with van der Waals surface area (Å²) in [5.41, 5.74) is 6.73.